The Balaban J connectivity index is 3.90. The van der Waals surface area contributed by atoms with E-state index in [0.29, 0.717) is 0 Å². The first-order valence-electron chi connectivity index (χ1n) is 2.25. The Morgan fingerprint density at radius 3 is 2.62 bits per heavy atom. The van der Waals surface area contributed by atoms with Crippen LogP contribution in [0.4, 0.5) is 0 Å². The second kappa shape index (κ2) is 5.24. The molecule has 0 spiro atoms. The Hall–Kier alpha value is -1.76. The topological polar surface area (TPSA) is 0 Å². The van der Waals surface area contributed by atoms with Crippen molar-refractivity contribution >= 4 is 0 Å². The summed E-state index contributed by atoms with van der Waals surface area (Å²) in [5.41, 5.74) is 0. The molecule has 0 amide bonds. The van der Waals surface area contributed by atoms with Gasteiger partial charge in [-0.25, -0.2) is 0 Å². The summed E-state index contributed by atoms with van der Waals surface area (Å²) < 4.78 is 6.32. The van der Waals surface area contributed by atoms with Gasteiger partial charge in [-0.2, -0.15) is 0 Å². The van der Waals surface area contributed by atoms with Crippen molar-refractivity contribution < 1.29 is 1.37 Å². The minimum atomic E-state index is 1.84. The Kier molecular flexibility index (Phi) is 2.88. The molecule has 0 fully saturated rings. The van der Waals surface area contributed by atoms with Gasteiger partial charge < -0.3 is 0 Å². The predicted octanol–water partition coefficient (Wildman–Crippen LogP) is 0.216. The quantitative estimate of drug-likeness (QED) is 0.380. The highest BCUT2D eigenvalue weighted by molar-refractivity contribution is 5.37. The molecule has 0 heteroatoms. The average Bonchev–Trinajstić information content (AvgIpc) is 1.89. The lowest BCUT2D eigenvalue weighted by molar-refractivity contribution is 2.38. The van der Waals surface area contributed by atoms with Gasteiger partial charge in [-0.05, 0) is 41.9 Å². The molecule has 0 aliphatic rings. The molecule has 0 saturated heterocycles. The van der Waals surface area contributed by atoms with Crippen LogP contribution >= 0.6 is 0 Å². The number of hydrogen-bond donors (Lipinski definition) is 0. The fourth-order valence-corrected chi connectivity index (χ4v) is 0.125. The van der Waals surface area contributed by atoms with E-state index in [1.165, 1.54) is 0 Å². The van der Waals surface area contributed by atoms with Crippen molar-refractivity contribution in [3.8, 4) is 41.9 Å². The van der Waals surface area contributed by atoms with Crippen LogP contribution in [-0.4, -0.2) is 0 Å². The van der Waals surface area contributed by atoms with Gasteiger partial charge in [0, 0.05) is 0 Å². The van der Waals surface area contributed by atoms with Crippen LogP contribution in [0.15, 0.2) is 0 Å². The van der Waals surface area contributed by atoms with E-state index < -0.39 is 0 Å². The van der Waals surface area contributed by atoms with Crippen LogP contribution < -0.4 is 0 Å². The smallest absolute Gasteiger partial charge is 0.106 e. The second-order valence-electron chi connectivity index (χ2n) is 0.750. The Morgan fingerprint density at radius 2 is 2.00 bits per heavy atom. The van der Waals surface area contributed by atoms with E-state index in [1.807, 2.05) is 12.3 Å². The minimum absolute atomic E-state index is 1.84. The number of hydrogen-bond acceptors (Lipinski definition) is 0. The first kappa shape index (κ1) is 4.40. The molecular weight excluding hydrogens is 96.1 g/mol. The number of terminal acetylenes is 1. The zero-order valence-corrected chi connectivity index (χ0v) is 4.00. The van der Waals surface area contributed by atoms with Crippen molar-refractivity contribution in [3.05, 3.63) is 6.42 Å². The lowest BCUT2D eigenvalue weighted by Gasteiger charge is -1.49. The zero-order chi connectivity index (χ0) is 6.95. The maximum Gasteiger partial charge on any atom is 0.125 e. The third kappa shape index (κ3) is 4.24. The van der Waals surface area contributed by atoms with Gasteiger partial charge in [-0.1, -0.05) is 0 Å². The summed E-state index contributed by atoms with van der Waals surface area (Å²) >= 11 is 0. The number of rotatable bonds is 0. The summed E-state index contributed by atoms with van der Waals surface area (Å²) in [6, 6.07) is 0. The van der Waals surface area contributed by atoms with Crippen LogP contribution in [0.1, 0.15) is 1.37 Å². The normalized spacial score (nSPS) is 4.12. The molecule has 1 radical (unpaired) electrons. The standard InChI is InChI=1S/C8H/c1-3-5-7-8-6-4-2/h1H/i1D. The van der Waals surface area contributed by atoms with Crippen molar-refractivity contribution in [2.24, 2.45) is 0 Å². The van der Waals surface area contributed by atoms with Crippen LogP contribution in [0.2, 0.25) is 0 Å². The zero-order valence-electron chi connectivity index (χ0n) is 5.00. The Morgan fingerprint density at radius 1 is 1.25 bits per heavy atom. The molecule has 0 aliphatic carbocycles. The van der Waals surface area contributed by atoms with Crippen molar-refractivity contribution in [3.63, 3.8) is 0 Å². The van der Waals surface area contributed by atoms with E-state index in [-0.39, 0.29) is 0 Å². The van der Waals surface area contributed by atoms with Gasteiger partial charge in [0.2, 0.25) is 0 Å². The summed E-state index contributed by atoms with van der Waals surface area (Å²) in [5, 5.41) is 0. The molecule has 0 unspecified atom stereocenters. The minimum Gasteiger partial charge on any atom is -0.106 e. The first-order chi connectivity index (χ1) is 4.41. The van der Waals surface area contributed by atoms with Crippen LogP contribution in [0, 0.1) is 48.3 Å². The lowest BCUT2D eigenvalue weighted by atomic mass is 10.5. The van der Waals surface area contributed by atoms with E-state index in [4.69, 9.17) is 7.79 Å². The molecule has 0 bridgehead atoms. The van der Waals surface area contributed by atoms with Crippen molar-refractivity contribution in [1.29, 1.82) is 0 Å². The van der Waals surface area contributed by atoms with E-state index in [9.17, 15) is 0 Å². The largest absolute Gasteiger partial charge is 0.125 e. The van der Waals surface area contributed by atoms with E-state index in [0.717, 1.165) is 0 Å². The van der Waals surface area contributed by atoms with Gasteiger partial charge in [-0.3, -0.25) is 0 Å². The molecule has 0 nitrogen and oxygen atoms in total. The third-order valence-corrected chi connectivity index (χ3v) is 0.312. The fraction of sp³-hybridized carbons (Fsp3) is 0. The molecule has 33 valence electrons. The summed E-state index contributed by atoms with van der Waals surface area (Å²) in [6.07, 6.45) is 8.15. The molecule has 0 aliphatic heterocycles. The molecule has 0 heterocycles. The van der Waals surface area contributed by atoms with Crippen molar-refractivity contribution in [2.45, 2.75) is 0 Å². The Bertz CT molecular complexity index is 285. The third-order valence-electron chi connectivity index (χ3n) is 0.312. The summed E-state index contributed by atoms with van der Waals surface area (Å²) in [7, 11) is 0. The maximum atomic E-state index is 6.32. The van der Waals surface area contributed by atoms with Gasteiger partial charge in [-0.15, -0.1) is 6.40 Å². The van der Waals surface area contributed by atoms with Crippen molar-refractivity contribution in [1.82, 2.24) is 0 Å². The average molecular weight is 98.1 g/mol. The Labute approximate surface area is 50.7 Å². The van der Waals surface area contributed by atoms with E-state index in [1.54, 1.807) is 0 Å². The highest BCUT2D eigenvalue weighted by Crippen LogP contribution is 1.49. The SMILES string of the molecule is [2H]C#CC#CC#CC#[C]. The van der Waals surface area contributed by atoms with E-state index >= 15 is 0 Å². The molecule has 0 rings (SSSR count). The molecule has 0 aromatic rings. The first-order valence-corrected chi connectivity index (χ1v) is 1.75. The predicted molar refractivity (Wildman–Crippen MR) is 31.5 cm³/mol. The maximum absolute atomic E-state index is 6.32. The van der Waals surface area contributed by atoms with E-state index in [2.05, 4.69) is 29.6 Å². The van der Waals surface area contributed by atoms with Gasteiger partial charge in [0.1, 0.15) is 1.37 Å². The molecule has 0 aromatic carbocycles. The second-order valence-corrected chi connectivity index (χ2v) is 0.750. The molecule has 0 saturated carbocycles. The van der Waals surface area contributed by atoms with Gasteiger partial charge >= 0.3 is 0 Å². The van der Waals surface area contributed by atoms with Crippen molar-refractivity contribution in [2.75, 3.05) is 0 Å². The summed E-state index contributed by atoms with van der Waals surface area (Å²) in [4.78, 5) is 0. The highest BCUT2D eigenvalue weighted by atomic mass is 13.5. The monoisotopic (exact) mass is 98.0 g/mol. The van der Waals surface area contributed by atoms with Crippen LogP contribution in [-0.2, 0) is 0 Å². The fourth-order valence-electron chi connectivity index (χ4n) is 0.125. The summed E-state index contributed by atoms with van der Waals surface area (Å²) in [5.74, 6) is 13.0. The van der Waals surface area contributed by atoms with Gasteiger partial charge in [0.25, 0.3) is 0 Å². The van der Waals surface area contributed by atoms with Crippen LogP contribution in [0.3, 0.4) is 0 Å². The molecule has 8 heavy (non-hydrogen) atoms. The van der Waals surface area contributed by atoms with Gasteiger partial charge in [0.05, 0.1) is 0 Å². The molecule has 0 N–H and O–H groups in total. The van der Waals surface area contributed by atoms with Gasteiger partial charge in [0.15, 0.2) is 0 Å². The molecular formula is C8H. The summed E-state index contributed by atoms with van der Waals surface area (Å²) in [6.45, 7) is 0. The van der Waals surface area contributed by atoms with Crippen LogP contribution in [0.25, 0.3) is 0 Å². The van der Waals surface area contributed by atoms with Crippen LogP contribution in [0.5, 0.6) is 0 Å². The molecule has 0 aromatic heterocycles. The highest BCUT2D eigenvalue weighted by Gasteiger charge is 1.48. The lowest BCUT2D eigenvalue weighted by Crippen LogP contribution is -1.48. The molecule has 0 atom stereocenters.